The van der Waals surface area contributed by atoms with E-state index in [1.165, 1.54) is 80.9 Å². The van der Waals surface area contributed by atoms with Crippen LogP contribution in [0.2, 0.25) is 0 Å². The first-order chi connectivity index (χ1) is 13.5. The van der Waals surface area contributed by atoms with E-state index in [1.807, 2.05) is 0 Å². The summed E-state index contributed by atoms with van der Waals surface area (Å²) in [6.45, 7) is 6.82. The van der Waals surface area contributed by atoms with Gasteiger partial charge in [-0.15, -0.1) is 0 Å². The van der Waals surface area contributed by atoms with Crippen molar-refractivity contribution in [3.05, 3.63) is 34.4 Å². The number of benzene rings is 1. The molecule has 3 saturated carbocycles. The molecular weight excluding hydrogens is 340 g/mol. The van der Waals surface area contributed by atoms with E-state index in [9.17, 15) is 5.11 Å². The molecule has 3 fully saturated rings. The number of aliphatic hydroxyl groups excluding tert-OH is 1. The second-order valence-electron chi connectivity index (χ2n) is 10.6. The molecule has 4 rings (SSSR count). The number of aryl methyl sites for hydroxylation is 2. The third-order valence-electron chi connectivity index (χ3n) is 9.08. The Kier molecular flexibility index (Phi) is 6.50. The molecule has 0 aliphatic heterocycles. The Morgan fingerprint density at radius 2 is 0.929 bits per heavy atom. The molecule has 0 bridgehead atoms. The van der Waals surface area contributed by atoms with E-state index in [-0.39, 0.29) is 6.10 Å². The van der Waals surface area contributed by atoms with Gasteiger partial charge in [0.25, 0.3) is 0 Å². The van der Waals surface area contributed by atoms with Gasteiger partial charge in [0.05, 0.1) is 6.10 Å². The lowest BCUT2D eigenvalue weighted by Gasteiger charge is -2.41. The maximum Gasteiger partial charge on any atom is 0.0540 e. The molecule has 3 aliphatic carbocycles. The van der Waals surface area contributed by atoms with E-state index in [0.717, 1.165) is 42.4 Å². The average Bonchev–Trinajstić information content (AvgIpc) is 2.72. The first-order valence-electron chi connectivity index (χ1n) is 12.3. The summed E-state index contributed by atoms with van der Waals surface area (Å²) in [6, 6.07) is 4.94. The van der Waals surface area contributed by atoms with Gasteiger partial charge in [0.2, 0.25) is 0 Å². The van der Waals surface area contributed by atoms with Crippen LogP contribution in [-0.4, -0.2) is 11.2 Å². The summed E-state index contributed by atoms with van der Waals surface area (Å²) in [5.41, 5.74) is 6.04. The number of rotatable bonds is 3. The van der Waals surface area contributed by atoms with Gasteiger partial charge in [-0.1, -0.05) is 12.1 Å². The summed E-state index contributed by atoms with van der Waals surface area (Å²) in [6.07, 6.45) is 16.4. The fraction of sp³-hybridized carbons (Fsp3) is 0.778. The van der Waals surface area contributed by atoms with E-state index in [1.54, 1.807) is 5.56 Å². The molecule has 1 nitrogen and oxygen atoms in total. The topological polar surface area (TPSA) is 20.2 Å². The summed E-state index contributed by atoms with van der Waals surface area (Å²) in [5, 5.41) is 9.79. The smallest absolute Gasteiger partial charge is 0.0540 e. The minimum Gasteiger partial charge on any atom is -0.393 e. The van der Waals surface area contributed by atoms with E-state index < -0.39 is 0 Å². The Labute approximate surface area is 173 Å². The molecule has 0 aromatic heterocycles. The lowest BCUT2D eigenvalue weighted by Crippen LogP contribution is -2.30. The predicted octanol–water partition coefficient (Wildman–Crippen LogP) is 7.24. The Balaban J connectivity index is 1.26. The molecule has 0 amide bonds. The van der Waals surface area contributed by atoms with Gasteiger partial charge < -0.3 is 5.11 Å². The fourth-order valence-electron chi connectivity index (χ4n) is 6.89. The van der Waals surface area contributed by atoms with Crippen LogP contribution in [0.15, 0.2) is 12.1 Å². The number of hydrogen-bond donors (Lipinski definition) is 1. The molecule has 1 aromatic rings. The third-order valence-corrected chi connectivity index (χ3v) is 9.08. The lowest BCUT2D eigenvalue weighted by molar-refractivity contribution is 0.0682. The van der Waals surface area contributed by atoms with Gasteiger partial charge in [-0.2, -0.15) is 0 Å². The minimum absolute atomic E-state index is 0.00359. The molecular formula is C27H42O. The van der Waals surface area contributed by atoms with Gasteiger partial charge in [-0.25, -0.2) is 0 Å². The van der Waals surface area contributed by atoms with Crippen LogP contribution in [0.4, 0.5) is 0 Å². The molecule has 0 unspecified atom stereocenters. The highest BCUT2D eigenvalue weighted by Crippen LogP contribution is 2.46. The van der Waals surface area contributed by atoms with Crippen LogP contribution < -0.4 is 0 Å². The second kappa shape index (κ2) is 8.90. The highest BCUT2D eigenvalue weighted by Gasteiger charge is 2.34. The van der Waals surface area contributed by atoms with Crippen molar-refractivity contribution in [2.24, 2.45) is 23.7 Å². The predicted molar refractivity (Wildman–Crippen MR) is 119 cm³/mol. The molecule has 0 radical (unpaired) electrons. The standard InChI is InChI=1S/C27H42O/c1-18-16-26(17-19(2)20(18)3)25-10-8-22(9-11-25)21-4-6-23(7-5-21)24-12-14-27(28)15-13-24/h16-17,21-25,27-28H,4-15H2,1-3H3. The molecule has 1 heteroatoms. The first-order valence-corrected chi connectivity index (χ1v) is 12.3. The third kappa shape index (κ3) is 4.50. The maximum atomic E-state index is 9.79. The van der Waals surface area contributed by atoms with Crippen molar-refractivity contribution in [2.45, 2.75) is 110 Å². The zero-order chi connectivity index (χ0) is 19.7. The van der Waals surface area contributed by atoms with E-state index in [0.29, 0.717) is 0 Å². The molecule has 0 heterocycles. The molecule has 28 heavy (non-hydrogen) atoms. The quantitative estimate of drug-likeness (QED) is 0.584. The molecule has 0 atom stereocenters. The normalized spacial score (nSPS) is 37.0. The summed E-state index contributed by atoms with van der Waals surface area (Å²) < 4.78 is 0. The minimum atomic E-state index is 0.00359. The van der Waals surface area contributed by atoms with Crippen molar-refractivity contribution in [3.8, 4) is 0 Å². The van der Waals surface area contributed by atoms with Crippen molar-refractivity contribution in [1.82, 2.24) is 0 Å². The van der Waals surface area contributed by atoms with Gasteiger partial charge in [0, 0.05) is 0 Å². The molecule has 1 N–H and O–H groups in total. The summed E-state index contributed by atoms with van der Waals surface area (Å²) >= 11 is 0. The second-order valence-corrected chi connectivity index (χ2v) is 10.6. The van der Waals surface area contributed by atoms with Crippen LogP contribution in [0.5, 0.6) is 0 Å². The monoisotopic (exact) mass is 382 g/mol. The van der Waals surface area contributed by atoms with Crippen molar-refractivity contribution in [1.29, 1.82) is 0 Å². The van der Waals surface area contributed by atoms with E-state index in [4.69, 9.17) is 0 Å². The molecule has 0 saturated heterocycles. The van der Waals surface area contributed by atoms with E-state index in [2.05, 4.69) is 32.9 Å². The van der Waals surface area contributed by atoms with Crippen molar-refractivity contribution < 1.29 is 5.11 Å². The highest BCUT2D eigenvalue weighted by molar-refractivity contribution is 5.38. The first kappa shape index (κ1) is 20.5. The van der Waals surface area contributed by atoms with Crippen LogP contribution in [-0.2, 0) is 0 Å². The van der Waals surface area contributed by atoms with Crippen LogP contribution in [0.1, 0.15) is 105 Å². The molecule has 3 aliphatic rings. The summed E-state index contributed by atoms with van der Waals surface area (Å²) in [5.74, 6) is 4.71. The van der Waals surface area contributed by atoms with Crippen LogP contribution in [0, 0.1) is 44.4 Å². The maximum absolute atomic E-state index is 9.79. The van der Waals surface area contributed by atoms with Crippen molar-refractivity contribution >= 4 is 0 Å². The Morgan fingerprint density at radius 1 is 0.571 bits per heavy atom. The summed E-state index contributed by atoms with van der Waals surface area (Å²) in [4.78, 5) is 0. The van der Waals surface area contributed by atoms with Crippen LogP contribution in [0.25, 0.3) is 0 Å². The largest absolute Gasteiger partial charge is 0.393 e. The van der Waals surface area contributed by atoms with Gasteiger partial charge in [0.15, 0.2) is 0 Å². The molecule has 0 spiro atoms. The van der Waals surface area contributed by atoms with Crippen LogP contribution in [0.3, 0.4) is 0 Å². The Bertz CT molecular complexity index is 615. The van der Waals surface area contributed by atoms with Gasteiger partial charge >= 0.3 is 0 Å². The fourth-order valence-corrected chi connectivity index (χ4v) is 6.89. The average molecular weight is 383 g/mol. The molecule has 156 valence electrons. The zero-order valence-electron chi connectivity index (χ0n) is 18.6. The van der Waals surface area contributed by atoms with Crippen molar-refractivity contribution in [3.63, 3.8) is 0 Å². The lowest BCUT2D eigenvalue weighted by atomic mass is 9.65. The van der Waals surface area contributed by atoms with Gasteiger partial charge in [-0.05, 0) is 150 Å². The van der Waals surface area contributed by atoms with Crippen LogP contribution >= 0.6 is 0 Å². The highest BCUT2D eigenvalue weighted by atomic mass is 16.3. The zero-order valence-corrected chi connectivity index (χ0v) is 18.6. The van der Waals surface area contributed by atoms with E-state index >= 15 is 0 Å². The van der Waals surface area contributed by atoms with Gasteiger partial charge in [0.1, 0.15) is 0 Å². The van der Waals surface area contributed by atoms with Crippen molar-refractivity contribution in [2.75, 3.05) is 0 Å². The Hall–Kier alpha value is -0.820. The summed E-state index contributed by atoms with van der Waals surface area (Å²) in [7, 11) is 0. The number of aliphatic hydroxyl groups is 1. The molecule has 1 aromatic carbocycles. The Morgan fingerprint density at radius 3 is 1.36 bits per heavy atom. The number of hydrogen-bond acceptors (Lipinski definition) is 1. The SMILES string of the molecule is Cc1cc(C2CCC(C3CCC(C4CCC(O)CC4)CC3)CC2)cc(C)c1C. The van der Waals surface area contributed by atoms with Gasteiger partial charge in [-0.3, -0.25) is 0 Å².